The van der Waals surface area contributed by atoms with Crippen molar-refractivity contribution in [1.82, 2.24) is 20.3 Å². The number of pyridine rings is 1. The Kier molecular flexibility index (Phi) is 3.95. The van der Waals surface area contributed by atoms with E-state index in [1.54, 1.807) is 18.3 Å². The van der Waals surface area contributed by atoms with Gasteiger partial charge in [0.2, 0.25) is 0 Å². The Morgan fingerprint density at radius 3 is 2.88 bits per heavy atom. The van der Waals surface area contributed by atoms with E-state index in [4.69, 9.17) is 0 Å². The predicted octanol–water partition coefficient (Wildman–Crippen LogP) is 3.34. The molecule has 2 aromatic heterocycles. The van der Waals surface area contributed by atoms with Gasteiger partial charge in [-0.25, -0.2) is 14.4 Å². The van der Waals surface area contributed by atoms with Gasteiger partial charge in [-0.2, -0.15) is 0 Å². The quantitative estimate of drug-likeness (QED) is 0.766. The first-order valence-electron chi connectivity index (χ1n) is 8.54. The molecule has 1 aliphatic carbocycles. The van der Waals surface area contributed by atoms with Gasteiger partial charge in [-0.3, -0.25) is 4.79 Å². The molecule has 1 amide bonds. The number of carbonyl (C=O) groups excluding carboxylic acids is 1. The predicted molar refractivity (Wildman–Crippen MR) is 92.9 cm³/mol. The number of nitrogens with one attached hydrogen (secondary N) is 2. The van der Waals surface area contributed by atoms with E-state index in [-0.39, 0.29) is 23.7 Å². The van der Waals surface area contributed by atoms with Crippen LogP contribution in [0.15, 0.2) is 36.5 Å². The molecule has 1 aromatic carbocycles. The maximum atomic E-state index is 13.8. The highest BCUT2D eigenvalue weighted by molar-refractivity contribution is 6.04. The lowest BCUT2D eigenvalue weighted by Gasteiger charge is -2.36. The average Bonchev–Trinajstić information content (AvgIpc) is 3.01. The molecule has 0 unspecified atom stereocenters. The summed E-state index contributed by atoms with van der Waals surface area (Å²) in [4.78, 5) is 24.3. The fourth-order valence-electron chi connectivity index (χ4n) is 3.37. The van der Waals surface area contributed by atoms with Gasteiger partial charge in [-0.1, -0.05) is 25.1 Å². The summed E-state index contributed by atoms with van der Waals surface area (Å²) in [6.07, 6.45) is 3.86. The number of aryl methyl sites for hydroxylation is 1. The molecule has 5 nitrogen and oxygen atoms in total. The molecule has 3 aromatic rings. The molecule has 1 fully saturated rings. The van der Waals surface area contributed by atoms with E-state index in [1.165, 1.54) is 6.07 Å². The van der Waals surface area contributed by atoms with Gasteiger partial charge in [-0.05, 0) is 36.5 Å². The number of imidazole rings is 1. The Hall–Kier alpha value is -2.76. The fraction of sp³-hybridized carbons (Fsp3) is 0.316. The summed E-state index contributed by atoms with van der Waals surface area (Å²) in [7, 11) is 0. The summed E-state index contributed by atoms with van der Waals surface area (Å²) in [5.74, 6) is 0.669. The van der Waals surface area contributed by atoms with Crippen molar-refractivity contribution in [2.75, 3.05) is 0 Å². The van der Waals surface area contributed by atoms with Gasteiger partial charge < -0.3 is 10.3 Å². The van der Waals surface area contributed by atoms with E-state index in [0.717, 1.165) is 30.7 Å². The van der Waals surface area contributed by atoms with Crippen molar-refractivity contribution in [3.63, 3.8) is 0 Å². The maximum absolute atomic E-state index is 13.8. The van der Waals surface area contributed by atoms with E-state index < -0.39 is 0 Å². The Morgan fingerprint density at radius 1 is 1.32 bits per heavy atom. The van der Waals surface area contributed by atoms with Crippen molar-refractivity contribution in [2.45, 2.75) is 38.1 Å². The number of aromatic amines is 1. The van der Waals surface area contributed by atoms with Crippen LogP contribution in [-0.2, 0) is 6.42 Å². The minimum absolute atomic E-state index is 0.0638. The number of nitrogens with zero attached hydrogens (tertiary/aromatic N) is 2. The van der Waals surface area contributed by atoms with E-state index in [0.29, 0.717) is 16.7 Å². The lowest BCUT2D eigenvalue weighted by atomic mass is 9.75. The number of carbonyl (C=O) groups is 1. The molecule has 0 bridgehead atoms. The van der Waals surface area contributed by atoms with Crippen LogP contribution in [0.3, 0.4) is 0 Å². The third-order valence-electron chi connectivity index (χ3n) is 4.84. The first-order chi connectivity index (χ1) is 12.2. The smallest absolute Gasteiger partial charge is 0.253 e. The summed E-state index contributed by atoms with van der Waals surface area (Å²) in [6, 6.07) is 8.61. The molecule has 2 N–H and O–H groups in total. The van der Waals surface area contributed by atoms with Crippen LogP contribution in [0.5, 0.6) is 0 Å². The van der Waals surface area contributed by atoms with E-state index >= 15 is 0 Å². The third-order valence-corrected chi connectivity index (χ3v) is 4.84. The van der Waals surface area contributed by atoms with Crippen LogP contribution < -0.4 is 5.32 Å². The molecule has 25 heavy (non-hydrogen) atoms. The highest BCUT2D eigenvalue weighted by atomic mass is 19.1. The number of hydrogen-bond donors (Lipinski definition) is 2. The maximum Gasteiger partial charge on any atom is 0.253 e. The van der Waals surface area contributed by atoms with Crippen LogP contribution in [-0.4, -0.2) is 26.9 Å². The van der Waals surface area contributed by atoms with Crippen LogP contribution in [0.25, 0.3) is 11.2 Å². The van der Waals surface area contributed by atoms with Crippen LogP contribution >= 0.6 is 0 Å². The zero-order chi connectivity index (χ0) is 17.4. The number of rotatable bonds is 4. The molecular weight excluding hydrogens is 319 g/mol. The molecule has 0 atom stereocenters. The summed E-state index contributed by atoms with van der Waals surface area (Å²) in [5.41, 5.74) is 2.51. The number of amides is 1. The third kappa shape index (κ3) is 2.88. The van der Waals surface area contributed by atoms with Gasteiger partial charge in [0.25, 0.3) is 5.91 Å². The molecule has 0 spiro atoms. The normalized spacial score (nSPS) is 19.6. The van der Waals surface area contributed by atoms with Gasteiger partial charge in [-0.15, -0.1) is 0 Å². The van der Waals surface area contributed by atoms with E-state index in [1.807, 2.05) is 19.1 Å². The number of halogens is 1. The minimum atomic E-state index is -0.169. The highest BCUT2D eigenvalue weighted by Gasteiger charge is 2.33. The summed E-state index contributed by atoms with van der Waals surface area (Å²) < 4.78 is 13.8. The molecule has 128 valence electrons. The average molecular weight is 338 g/mol. The van der Waals surface area contributed by atoms with Crippen molar-refractivity contribution < 1.29 is 9.18 Å². The van der Waals surface area contributed by atoms with Crippen molar-refractivity contribution in [2.24, 2.45) is 0 Å². The molecule has 1 saturated carbocycles. The molecule has 0 aliphatic heterocycles. The van der Waals surface area contributed by atoms with Crippen molar-refractivity contribution in [3.05, 3.63) is 59.3 Å². The zero-order valence-corrected chi connectivity index (χ0v) is 13.9. The molecule has 4 rings (SSSR count). The number of benzene rings is 1. The molecule has 0 saturated heterocycles. The first-order valence-corrected chi connectivity index (χ1v) is 8.54. The Balaban J connectivity index is 1.46. The van der Waals surface area contributed by atoms with Crippen LogP contribution in [0.2, 0.25) is 0 Å². The van der Waals surface area contributed by atoms with Gasteiger partial charge >= 0.3 is 0 Å². The van der Waals surface area contributed by atoms with Gasteiger partial charge in [0.05, 0.1) is 11.1 Å². The topological polar surface area (TPSA) is 70.7 Å². The molecule has 6 heteroatoms. The second-order valence-electron chi connectivity index (χ2n) is 6.45. The van der Waals surface area contributed by atoms with Gasteiger partial charge in [0.15, 0.2) is 5.65 Å². The molecular formula is C19H19FN4O. The summed E-state index contributed by atoms with van der Waals surface area (Å²) in [5, 5.41) is 3.03. The van der Waals surface area contributed by atoms with E-state index in [2.05, 4.69) is 20.3 Å². The first kappa shape index (κ1) is 15.7. The molecule has 1 aliphatic rings. The van der Waals surface area contributed by atoms with Crippen molar-refractivity contribution >= 4 is 17.1 Å². The largest absolute Gasteiger partial charge is 0.349 e. The monoisotopic (exact) mass is 338 g/mol. The Bertz CT molecular complexity index is 930. The molecule has 0 radical (unpaired) electrons. The zero-order valence-electron chi connectivity index (χ0n) is 13.9. The highest BCUT2D eigenvalue weighted by Crippen LogP contribution is 2.38. The summed E-state index contributed by atoms with van der Waals surface area (Å²) >= 11 is 0. The Morgan fingerprint density at radius 2 is 2.12 bits per heavy atom. The SMILES string of the molecule is CCc1nc2nccc(C(=O)NC3CC(c4ccccc4F)C3)c2[nH]1. The van der Waals surface area contributed by atoms with Gasteiger partial charge in [0.1, 0.15) is 11.6 Å². The van der Waals surface area contributed by atoms with Crippen LogP contribution in [0, 0.1) is 5.82 Å². The summed E-state index contributed by atoms with van der Waals surface area (Å²) in [6.45, 7) is 1.99. The lowest BCUT2D eigenvalue weighted by molar-refractivity contribution is 0.0910. The second-order valence-corrected chi connectivity index (χ2v) is 6.45. The molecule has 2 heterocycles. The van der Waals surface area contributed by atoms with Crippen molar-refractivity contribution in [3.8, 4) is 0 Å². The van der Waals surface area contributed by atoms with E-state index in [9.17, 15) is 9.18 Å². The number of fused-ring (bicyclic) bond motifs is 1. The minimum Gasteiger partial charge on any atom is -0.349 e. The van der Waals surface area contributed by atoms with Crippen LogP contribution in [0.1, 0.15) is 47.4 Å². The fourth-order valence-corrected chi connectivity index (χ4v) is 3.37. The standard InChI is InChI=1S/C19H19FN4O/c1-2-16-23-17-14(7-8-21-18(17)24-16)19(25)22-12-9-11(10-12)13-5-3-4-6-15(13)20/h3-8,11-12H,2,9-10H2,1H3,(H,22,25)(H,21,23,24). The number of H-pyrrole nitrogens is 1. The lowest BCUT2D eigenvalue weighted by Crippen LogP contribution is -2.43. The second kappa shape index (κ2) is 6.27. The van der Waals surface area contributed by atoms with Crippen molar-refractivity contribution in [1.29, 1.82) is 0 Å². The number of hydrogen-bond acceptors (Lipinski definition) is 3. The number of aromatic nitrogens is 3. The van der Waals surface area contributed by atoms with Gasteiger partial charge in [0, 0.05) is 18.7 Å². The Labute approximate surface area is 144 Å². The van der Waals surface area contributed by atoms with Crippen LogP contribution in [0.4, 0.5) is 4.39 Å².